The van der Waals surface area contributed by atoms with Crippen molar-refractivity contribution in [1.29, 1.82) is 0 Å². The Morgan fingerprint density at radius 2 is 1.93 bits per heavy atom. The maximum Gasteiger partial charge on any atom is 0.0876 e. The van der Waals surface area contributed by atoms with E-state index in [1.54, 1.807) is 11.8 Å². The number of aromatic nitrogens is 1. The van der Waals surface area contributed by atoms with Gasteiger partial charge in [-0.15, -0.1) is 11.8 Å². The molecule has 4 N–H and O–H groups in total. The first-order chi connectivity index (χ1) is 14.2. The van der Waals surface area contributed by atoms with E-state index in [2.05, 4.69) is 63.5 Å². The predicted molar refractivity (Wildman–Crippen MR) is 122 cm³/mol. The van der Waals surface area contributed by atoms with Crippen LogP contribution in [-0.4, -0.2) is 29.5 Å². The third-order valence-electron chi connectivity index (χ3n) is 5.59. The summed E-state index contributed by atoms with van der Waals surface area (Å²) in [5.41, 5.74) is 18.3. The SMILES string of the molecule is NC1C=C2C(=CC(c3ccccc3)=CN2c2cnccc2N2CCC[C@@H](N)C2)S1. The monoisotopic (exact) mass is 403 g/mol. The molecule has 0 bridgehead atoms. The molecule has 3 aliphatic rings. The Labute approximate surface area is 175 Å². The van der Waals surface area contributed by atoms with E-state index in [1.807, 2.05) is 18.5 Å². The highest BCUT2D eigenvalue weighted by atomic mass is 32.2. The number of pyridine rings is 1. The highest BCUT2D eigenvalue weighted by molar-refractivity contribution is 8.04. The number of nitrogens with zero attached hydrogens (tertiary/aromatic N) is 3. The molecule has 5 rings (SSSR count). The first-order valence-corrected chi connectivity index (χ1v) is 10.9. The Morgan fingerprint density at radius 3 is 2.76 bits per heavy atom. The van der Waals surface area contributed by atoms with Crippen molar-refractivity contribution in [2.75, 3.05) is 22.9 Å². The van der Waals surface area contributed by atoms with Crippen LogP contribution in [0.25, 0.3) is 5.57 Å². The zero-order valence-corrected chi connectivity index (χ0v) is 17.1. The molecule has 0 saturated carbocycles. The Kier molecular flexibility index (Phi) is 4.91. The summed E-state index contributed by atoms with van der Waals surface area (Å²) < 4.78 is 0. The van der Waals surface area contributed by atoms with Crippen molar-refractivity contribution in [2.24, 2.45) is 11.5 Å². The molecule has 148 valence electrons. The van der Waals surface area contributed by atoms with E-state index < -0.39 is 0 Å². The van der Waals surface area contributed by atoms with Gasteiger partial charge in [0.15, 0.2) is 0 Å². The van der Waals surface area contributed by atoms with E-state index in [0.29, 0.717) is 0 Å². The molecule has 5 nitrogen and oxygen atoms in total. The lowest BCUT2D eigenvalue weighted by atomic mass is 10.0. The molecule has 0 radical (unpaired) electrons. The predicted octanol–water partition coefficient (Wildman–Crippen LogP) is 3.67. The molecule has 0 spiro atoms. The van der Waals surface area contributed by atoms with Gasteiger partial charge in [-0.05, 0) is 42.2 Å². The van der Waals surface area contributed by atoms with Crippen LogP contribution >= 0.6 is 11.8 Å². The Hall–Kier alpha value is -2.54. The van der Waals surface area contributed by atoms with Gasteiger partial charge in [-0.2, -0.15) is 0 Å². The second-order valence-electron chi connectivity index (χ2n) is 7.68. The average Bonchev–Trinajstić information content (AvgIpc) is 3.14. The molecule has 0 amide bonds. The van der Waals surface area contributed by atoms with Crippen LogP contribution in [0, 0.1) is 0 Å². The van der Waals surface area contributed by atoms with E-state index >= 15 is 0 Å². The minimum atomic E-state index is -0.0363. The summed E-state index contributed by atoms with van der Waals surface area (Å²) in [6, 6.07) is 12.8. The van der Waals surface area contributed by atoms with Gasteiger partial charge in [0.05, 0.1) is 28.6 Å². The first kappa shape index (κ1) is 18.5. The van der Waals surface area contributed by atoms with E-state index in [1.165, 1.54) is 21.7 Å². The van der Waals surface area contributed by atoms with Gasteiger partial charge in [0.1, 0.15) is 0 Å². The molecular weight excluding hydrogens is 378 g/mol. The topological polar surface area (TPSA) is 71.4 Å². The quantitative estimate of drug-likeness (QED) is 0.815. The van der Waals surface area contributed by atoms with Gasteiger partial charge in [-0.1, -0.05) is 30.3 Å². The van der Waals surface area contributed by atoms with Gasteiger partial charge in [0.25, 0.3) is 0 Å². The molecule has 1 fully saturated rings. The van der Waals surface area contributed by atoms with Crippen LogP contribution < -0.4 is 21.3 Å². The van der Waals surface area contributed by atoms with Crippen LogP contribution in [0.4, 0.5) is 11.4 Å². The summed E-state index contributed by atoms with van der Waals surface area (Å²) in [5, 5.41) is -0.0363. The van der Waals surface area contributed by atoms with Crippen molar-refractivity contribution in [1.82, 2.24) is 4.98 Å². The van der Waals surface area contributed by atoms with Crippen molar-refractivity contribution in [2.45, 2.75) is 24.3 Å². The van der Waals surface area contributed by atoms with Crippen molar-refractivity contribution in [3.8, 4) is 0 Å². The molecule has 1 saturated heterocycles. The smallest absolute Gasteiger partial charge is 0.0876 e. The Balaban J connectivity index is 1.60. The van der Waals surface area contributed by atoms with Gasteiger partial charge >= 0.3 is 0 Å². The number of fused-ring (bicyclic) bond motifs is 1. The molecule has 1 aromatic heterocycles. The summed E-state index contributed by atoms with van der Waals surface area (Å²) in [4.78, 5) is 10.3. The Morgan fingerprint density at radius 1 is 1.07 bits per heavy atom. The highest BCUT2D eigenvalue weighted by Gasteiger charge is 2.30. The Bertz CT molecular complexity index is 997. The van der Waals surface area contributed by atoms with Gasteiger partial charge in [0.2, 0.25) is 0 Å². The van der Waals surface area contributed by atoms with Crippen molar-refractivity contribution < 1.29 is 0 Å². The minimum Gasteiger partial charge on any atom is -0.368 e. The molecule has 6 heteroatoms. The minimum absolute atomic E-state index is 0.0363. The summed E-state index contributed by atoms with van der Waals surface area (Å²) in [6.07, 6.45) is 12.6. The maximum absolute atomic E-state index is 6.27. The van der Waals surface area contributed by atoms with Crippen LogP contribution in [0.2, 0.25) is 0 Å². The molecule has 1 unspecified atom stereocenters. The third-order valence-corrected chi connectivity index (χ3v) is 6.58. The number of thioether (sulfide) groups is 1. The van der Waals surface area contributed by atoms with Crippen molar-refractivity contribution in [3.63, 3.8) is 0 Å². The van der Waals surface area contributed by atoms with Gasteiger partial charge < -0.3 is 21.3 Å². The second-order valence-corrected chi connectivity index (χ2v) is 8.90. The number of rotatable bonds is 3. The van der Waals surface area contributed by atoms with Gasteiger partial charge in [-0.25, -0.2) is 0 Å². The van der Waals surface area contributed by atoms with E-state index in [9.17, 15) is 0 Å². The number of anilines is 2. The average molecular weight is 404 g/mol. The maximum atomic E-state index is 6.27. The number of nitrogens with two attached hydrogens (primary N) is 2. The fourth-order valence-corrected chi connectivity index (χ4v) is 5.19. The molecular formula is C23H25N5S. The summed E-state index contributed by atoms with van der Waals surface area (Å²) in [6.45, 7) is 1.89. The van der Waals surface area contributed by atoms with Crippen LogP contribution in [0.15, 0.2) is 77.7 Å². The van der Waals surface area contributed by atoms with Crippen LogP contribution in [0.3, 0.4) is 0 Å². The number of benzene rings is 1. The molecule has 0 aliphatic carbocycles. The lowest BCUT2D eigenvalue weighted by molar-refractivity contribution is 0.506. The molecule has 4 heterocycles. The molecule has 29 heavy (non-hydrogen) atoms. The third kappa shape index (κ3) is 3.59. The lowest BCUT2D eigenvalue weighted by Crippen LogP contribution is -2.43. The summed E-state index contributed by atoms with van der Waals surface area (Å²) >= 11 is 1.70. The molecule has 3 aliphatic heterocycles. The number of hydrogen-bond acceptors (Lipinski definition) is 6. The number of hydrogen-bond donors (Lipinski definition) is 2. The fourth-order valence-electron chi connectivity index (χ4n) is 4.22. The first-order valence-electron chi connectivity index (χ1n) is 10.1. The van der Waals surface area contributed by atoms with E-state index in [4.69, 9.17) is 11.5 Å². The van der Waals surface area contributed by atoms with Crippen molar-refractivity contribution in [3.05, 3.63) is 83.3 Å². The number of piperidine rings is 1. The number of allylic oxidation sites excluding steroid dienone is 2. The lowest BCUT2D eigenvalue weighted by Gasteiger charge is -2.36. The van der Waals surface area contributed by atoms with Crippen LogP contribution in [0.1, 0.15) is 18.4 Å². The fraction of sp³-hybridized carbons (Fsp3) is 0.261. The molecule has 2 atom stereocenters. The van der Waals surface area contributed by atoms with Crippen molar-refractivity contribution >= 4 is 28.7 Å². The summed E-state index contributed by atoms with van der Waals surface area (Å²) in [5.74, 6) is 0. The van der Waals surface area contributed by atoms with E-state index in [0.717, 1.165) is 37.3 Å². The molecule has 2 aromatic rings. The standard InChI is InChI=1S/C23H25N5S/c24-18-7-4-10-27(15-18)19-8-9-26-13-21(19)28-14-17(16-5-2-1-3-6-16)11-22-20(28)12-23(25)29-22/h1-3,5-6,8-9,11-14,18,23H,4,7,10,15,24-25H2/t18-,23?/m1/s1. The zero-order chi connectivity index (χ0) is 19.8. The van der Waals surface area contributed by atoms with Crippen LogP contribution in [-0.2, 0) is 0 Å². The van der Waals surface area contributed by atoms with Gasteiger partial charge in [0, 0.05) is 36.4 Å². The van der Waals surface area contributed by atoms with E-state index in [-0.39, 0.29) is 11.4 Å². The summed E-state index contributed by atoms with van der Waals surface area (Å²) in [7, 11) is 0. The largest absolute Gasteiger partial charge is 0.368 e. The normalized spacial score (nSPS) is 24.0. The molecule has 1 aromatic carbocycles. The van der Waals surface area contributed by atoms with Crippen LogP contribution in [0.5, 0.6) is 0 Å². The van der Waals surface area contributed by atoms with Gasteiger partial charge in [-0.3, -0.25) is 4.98 Å². The highest BCUT2D eigenvalue weighted by Crippen LogP contribution is 2.45. The zero-order valence-electron chi connectivity index (χ0n) is 16.2. The second kappa shape index (κ2) is 7.71.